The van der Waals surface area contributed by atoms with Crippen molar-refractivity contribution in [2.24, 2.45) is 0 Å². The summed E-state index contributed by atoms with van der Waals surface area (Å²) in [6.07, 6.45) is 5.97. The van der Waals surface area contributed by atoms with Crippen molar-refractivity contribution in [2.75, 3.05) is 6.54 Å². The zero-order valence-corrected chi connectivity index (χ0v) is 24.7. The van der Waals surface area contributed by atoms with E-state index in [1.165, 1.54) is 27.6 Å². The first-order valence-electron chi connectivity index (χ1n) is 12.8. The first-order valence-corrected chi connectivity index (χ1v) is 13.6. The Morgan fingerprint density at radius 2 is 1.62 bits per heavy atom. The van der Waals surface area contributed by atoms with Crippen molar-refractivity contribution in [3.05, 3.63) is 116 Å². The number of thiophene rings is 1. The molecule has 1 radical (unpaired) electrons. The van der Waals surface area contributed by atoms with Crippen LogP contribution in [0.1, 0.15) is 19.8 Å². The third-order valence-corrected chi connectivity index (χ3v) is 7.57. The minimum absolute atomic E-state index is 0. The number of hydrogen-bond donors (Lipinski definition) is 0. The fourth-order valence-corrected chi connectivity index (χ4v) is 5.70. The molecule has 0 amide bonds. The molecule has 0 unspecified atom stereocenters. The number of benzene rings is 3. The van der Waals surface area contributed by atoms with Crippen LogP contribution in [0.15, 0.2) is 103 Å². The molecular weight excluding hydrogens is 677 g/mol. The van der Waals surface area contributed by atoms with Gasteiger partial charge in [0.1, 0.15) is 10.5 Å². The Bertz CT molecular complexity index is 1750. The van der Waals surface area contributed by atoms with E-state index in [0.29, 0.717) is 0 Å². The summed E-state index contributed by atoms with van der Waals surface area (Å²) in [6, 6.07) is 40.6. The monoisotopic (exact) mass is 703 g/mol. The maximum Gasteiger partial charge on any atom is 0.494 e. The molecule has 0 aliphatic carbocycles. The van der Waals surface area contributed by atoms with E-state index in [1.807, 2.05) is 60.8 Å². The Morgan fingerprint density at radius 3 is 2.41 bits per heavy atom. The molecule has 3 aromatic carbocycles. The van der Waals surface area contributed by atoms with Gasteiger partial charge in [-0.25, -0.2) is 4.98 Å². The predicted octanol–water partition coefficient (Wildman–Crippen LogP) is 8.26. The summed E-state index contributed by atoms with van der Waals surface area (Å²) < 4.78 is 5.60. The van der Waals surface area contributed by atoms with Crippen LogP contribution < -0.4 is 4.58 Å². The Morgan fingerprint density at radius 1 is 0.795 bits per heavy atom. The van der Waals surface area contributed by atoms with Gasteiger partial charge in [0.2, 0.25) is 0 Å². The summed E-state index contributed by atoms with van der Waals surface area (Å²) in [6.45, 7) is 3.20. The normalized spacial score (nSPS) is 11.7. The largest absolute Gasteiger partial charge is 0.494 e. The summed E-state index contributed by atoms with van der Waals surface area (Å²) in [7, 11) is 0. The van der Waals surface area contributed by atoms with Gasteiger partial charge in [-0.05, 0) is 27.9 Å². The maximum atomic E-state index is 4.54. The molecule has 1 aliphatic rings. The first kappa shape index (κ1) is 26.8. The van der Waals surface area contributed by atoms with Gasteiger partial charge < -0.3 is 4.98 Å². The van der Waals surface area contributed by atoms with E-state index < -0.39 is 0 Å². The Balaban J connectivity index is 0.000000200. The predicted molar refractivity (Wildman–Crippen MR) is 157 cm³/mol. The molecule has 0 spiro atoms. The van der Waals surface area contributed by atoms with Crippen LogP contribution in [0.5, 0.6) is 0 Å². The number of hydrogen-bond acceptors (Lipinski definition) is 3. The number of aromatic nitrogens is 2. The molecular formula is C33H26IrN4S. The van der Waals surface area contributed by atoms with E-state index in [0.717, 1.165) is 40.4 Å². The van der Waals surface area contributed by atoms with Crippen LogP contribution >= 0.6 is 11.3 Å². The van der Waals surface area contributed by atoms with Crippen LogP contribution in [0, 0.1) is 12.1 Å². The summed E-state index contributed by atoms with van der Waals surface area (Å²) >= 11 is 1.73. The molecule has 3 aromatic heterocycles. The molecule has 7 rings (SSSR count). The van der Waals surface area contributed by atoms with Gasteiger partial charge in [0.25, 0.3) is 11.4 Å². The van der Waals surface area contributed by atoms with Crippen molar-refractivity contribution in [2.45, 2.75) is 19.8 Å². The van der Waals surface area contributed by atoms with Gasteiger partial charge in [0, 0.05) is 51.1 Å². The molecule has 39 heavy (non-hydrogen) atoms. The molecule has 0 fully saturated rings. The molecule has 6 aromatic rings. The Hall–Kier alpha value is -3.79. The quantitative estimate of drug-likeness (QED) is 0.134. The zero-order chi connectivity index (χ0) is 25.7. The summed E-state index contributed by atoms with van der Waals surface area (Å²) in [5, 5.41) is 2.44. The van der Waals surface area contributed by atoms with E-state index in [4.69, 9.17) is 0 Å². The molecule has 193 valence electrons. The van der Waals surface area contributed by atoms with Gasteiger partial charge in [-0.2, -0.15) is 23.5 Å². The SMILES string of the molecule is CCCC[N+]1=C=[N+](c2[c-]ccc3c2sc2ncccc23)c2ccccc21.[Ir].[c-]1ccccc1-c1ccccn1. The van der Waals surface area contributed by atoms with Gasteiger partial charge >= 0.3 is 6.01 Å². The van der Waals surface area contributed by atoms with Crippen LogP contribution in [0.4, 0.5) is 17.1 Å². The second-order valence-electron chi connectivity index (χ2n) is 8.95. The van der Waals surface area contributed by atoms with E-state index in [-0.39, 0.29) is 20.1 Å². The molecule has 1 aliphatic heterocycles. The second kappa shape index (κ2) is 12.4. The van der Waals surface area contributed by atoms with Crippen molar-refractivity contribution >= 4 is 54.7 Å². The average Bonchev–Trinajstić information content (AvgIpc) is 3.56. The Kier molecular flexibility index (Phi) is 8.51. The third kappa shape index (κ3) is 5.52. The average molecular weight is 703 g/mol. The number of nitrogens with zero attached hydrogens (tertiary/aromatic N) is 4. The van der Waals surface area contributed by atoms with Crippen molar-refractivity contribution in [3.63, 3.8) is 0 Å². The summed E-state index contributed by atoms with van der Waals surface area (Å²) in [5.41, 5.74) is 5.44. The smallest absolute Gasteiger partial charge is 0.305 e. The number of pyridine rings is 2. The molecule has 0 saturated carbocycles. The second-order valence-corrected chi connectivity index (χ2v) is 9.95. The van der Waals surface area contributed by atoms with Gasteiger partial charge in [-0.3, -0.25) is 0 Å². The van der Waals surface area contributed by atoms with E-state index in [2.05, 4.69) is 80.6 Å². The van der Waals surface area contributed by atoms with Crippen molar-refractivity contribution in [3.8, 4) is 11.3 Å². The fraction of sp³-hybridized carbons (Fsp3) is 0.121. The molecule has 6 heteroatoms. The van der Waals surface area contributed by atoms with Crippen LogP contribution in [-0.2, 0) is 20.1 Å². The minimum Gasteiger partial charge on any atom is -0.305 e. The standard InChI is InChI=1S/C22H18N3S.C11H8N.Ir/c1-2-3-14-24-15-25(19-11-5-4-10-18(19)24)20-12-6-8-16-17-9-7-13-23-22(17)26-21(16)20;1-2-6-10(7-3-1)11-8-4-5-9-12-11;/h4-11,13H,2-3,14H2,1H3;1-6,8-9H;/q+1;-1;. The molecule has 4 heterocycles. The van der Waals surface area contributed by atoms with Crippen LogP contribution in [0.2, 0.25) is 0 Å². The summed E-state index contributed by atoms with van der Waals surface area (Å²) in [4.78, 5) is 9.83. The number of rotatable bonds is 5. The number of unbranched alkanes of at least 4 members (excludes halogenated alkanes) is 1. The molecule has 0 saturated heterocycles. The summed E-state index contributed by atoms with van der Waals surface area (Å²) in [5.74, 6) is 0. The van der Waals surface area contributed by atoms with Gasteiger partial charge in [-0.1, -0.05) is 52.8 Å². The van der Waals surface area contributed by atoms with Crippen LogP contribution in [0.3, 0.4) is 0 Å². The van der Waals surface area contributed by atoms with E-state index >= 15 is 0 Å². The van der Waals surface area contributed by atoms with Crippen molar-refractivity contribution < 1.29 is 24.7 Å². The van der Waals surface area contributed by atoms with E-state index in [9.17, 15) is 0 Å². The van der Waals surface area contributed by atoms with Crippen LogP contribution in [-0.4, -0.2) is 27.1 Å². The number of fused-ring (bicyclic) bond motifs is 4. The first-order chi connectivity index (χ1) is 18.8. The third-order valence-electron chi connectivity index (χ3n) is 6.43. The van der Waals surface area contributed by atoms with Crippen molar-refractivity contribution in [1.82, 2.24) is 14.5 Å². The van der Waals surface area contributed by atoms with Gasteiger partial charge in [0.05, 0.1) is 0 Å². The van der Waals surface area contributed by atoms with Gasteiger partial charge in [0.15, 0.2) is 6.54 Å². The molecule has 0 bridgehead atoms. The fourth-order valence-electron chi connectivity index (χ4n) is 4.57. The minimum atomic E-state index is 0. The maximum absolute atomic E-state index is 4.54. The molecule has 4 nitrogen and oxygen atoms in total. The molecule has 0 atom stereocenters. The molecule has 0 N–H and O–H groups in total. The zero-order valence-electron chi connectivity index (χ0n) is 21.5. The number of para-hydroxylation sites is 2. The van der Waals surface area contributed by atoms with Crippen molar-refractivity contribution in [1.29, 1.82) is 0 Å². The topological polar surface area (TPSA) is 31.8 Å². The van der Waals surface area contributed by atoms with Gasteiger partial charge in [-0.15, -0.1) is 47.3 Å². The Labute approximate surface area is 246 Å². The van der Waals surface area contributed by atoms with Crippen LogP contribution in [0.25, 0.3) is 31.6 Å². The van der Waals surface area contributed by atoms with E-state index in [1.54, 1.807) is 17.5 Å².